The maximum absolute atomic E-state index is 13.2. The number of hydrogen-bond donors (Lipinski definition) is 2. The van der Waals surface area contributed by atoms with Gasteiger partial charge in [0.15, 0.2) is 5.17 Å². The summed E-state index contributed by atoms with van der Waals surface area (Å²) in [5, 5.41) is 3.47. The number of nitrogens with one attached hydrogen (secondary N) is 2. The average molecular weight is 459 g/mol. The van der Waals surface area contributed by atoms with Gasteiger partial charge in [-0.2, -0.15) is 0 Å². The number of aromatic nitrogens is 1. The standard InChI is InChI=1S/C24H31FN4O2S/c1-16(2)15-29(21(30)20-7-5-13-26-20)14-6-12-24(4)22(31)28-23(32-24)27-17(3)18-8-10-19(25)11-9-18/h5,7-11,13,16-17,26H,6,12,14-15H2,1-4H3,(H,27,28,31)/t17-,24-/m0/s1. The Kier molecular flexibility index (Phi) is 7.77. The van der Waals surface area contributed by atoms with Gasteiger partial charge in [0, 0.05) is 19.3 Å². The first-order valence-corrected chi connectivity index (χ1v) is 11.8. The number of carbonyl (C=O) groups is 2. The Morgan fingerprint density at radius 3 is 2.56 bits per heavy atom. The largest absolute Gasteiger partial charge is 0.357 e. The molecule has 6 nitrogen and oxygen atoms in total. The molecule has 0 saturated carbocycles. The fraction of sp³-hybridized carbons (Fsp3) is 0.458. The molecule has 2 amide bonds. The minimum atomic E-state index is -0.639. The van der Waals surface area contributed by atoms with Crippen LogP contribution in [0, 0.1) is 11.7 Å². The highest BCUT2D eigenvalue weighted by Crippen LogP contribution is 2.37. The van der Waals surface area contributed by atoms with E-state index in [-0.39, 0.29) is 23.7 Å². The predicted molar refractivity (Wildman–Crippen MR) is 127 cm³/mol. The van der Waals surface area contributed by atoms with E-state index in [1.807, 2.05) is 24.8 Å². The fourth-order valence-electron chi connectivity index (χ4n) is 3.69. The van der Waals surface area contributed by atoms with Crippen molar-refractivity contribution in [1.29, 1.82) is 0 Å². The van der Waals surface area contributed by atoms with E-state index in [9.17, 15) is 14.0 Å². The number of nitrogens with zero attached hydrogens (tertiary/aromatic N) is 2. The first kappa shape index (κ1) is 24.0. The molecule has 172 valence electrons. The van der Waals surface area contributed by atoms with Gasteiger partial charge in [0.1, 0.15) is 11.5 Å². The van der Waals surface area contributed by atoms with E-state index in [4.69, 9.17) is 0 Å². The summed E-state index contributed by atoms with van der Waals surface area (Å²) in [6.07, 6.45) is 3.08. The van der Waals surface area contributed by atoms with Crippen LogP contribution >= 0.6 is 11.8 Å². The summed E-state index contributed by atoms with van der Waals surface area (Å²) in [5.74, 6) is -0.0299. The summed E-state index contributed by atoms with van der Waals surface area (Å²) in [7, 11) is 0. The molecule has 2 aromatic rings. The van der Waals surface area contributed by atoms with Gasteiger partial charge >= 0.3 is 0 Å². The first-order chi connectivity index (χ1) is 15.2. The molecule has 0 radical (unpaired) electrons. The molecule has 8 heteroatoms. The number of aliphatic imine (C=N–C) groups is 1. The number of aromatic amines is 1. The number of carbonyl (C=O) groups excluding carboxylic acids is 2. The van der Waals surface area contributed by atoms with Crippen LogP contribution in [0.3, 0.4) is 0 Å². The lowest BCUT2D eigenvalue weighted by Crippen LogP contribution is -2.38. The molecular weight excluding hydrogens is 427 g/mol. The minimum Gasteiger partial charge on any atom is -0.357 e. The van der Waals surface area contributed by atoms with Gasteiger partial charge in [-0.25, -0.2) is 4.39 Å². The number of amides is 2. The quantitative estimate of drug-likeness (QED) is 0.568. The molecule has 1 aromatic carbocycles. The van der Waals surface area contributed by atoms with Crippen molar-refractivity contribution in [2.75, 3.05) is 13.1 Å². The molecule has 0 bridgehead atoms. The van der Waals surface area contributed by atoms with Crippen molar-refractivity contribution in [2.45, 2.75) is 51.3 Å². The van der Waals surface area contributed by atoms with E-state index in [0.717, 1.165) is 5.56 Å². The Balaban J connectivity index is 1.60. The summed E-state index contributed by atoms with van der Waals surface area (Å²) in [6.45, 7) is 9.24. The molecule has 0 unspecified atom stereocenters. The zero-order valence-corrected chi connectivity index (χ0v) is 19.8. The van der Waals surface area contributed by atoms with Gasteiger partial charge in [-0.05, 0) is 62.4 Å². The second-order valence-corrected chi connectivity index (χ2v) is 10.3. The van der Waals surface area contributed by atoms with Crippen LogP contribution in [0.15, 0.2) is 47.6 Å². The van der Waals surface area contributed by atoms with Crippen LogP contribution in [-0.4, -0.2) is 44.7 Å². The number of thioether (sulfide) groups is 1. The van der Waals surface area contributed by atoms with Gasteiger partial charge < -0.3 is 15.2 Å². The van der Waals surface area contributed by atoms with Crippen molar-refractivity contribution >= 4 is 28.7 Å². The van der Waals surface area contributed by atoms with Crippen LogP contribution in [-0.2, 0) is 4.79 Å². The Labute approximate surface area is 193 Å². The maximum atomic E-state index is 13.2. The average Bonchev–Trinajstić information content (AvgIpc) is 3.35. The molecule has 32 heavy (non-hydrogen) atoms. The van der Waals surface area contributed by atoms with Crippen molar-refractivity contribution < 1.29 is 14.0 Å². The SMILES string of the molecule is CC(C)CN(CCC[C@]1(C)SC(=N[C@@H](C)c2ccc(F)cc2)NC1=O)C(=O)c1ccc[nH]1. The molecule has 1 aliphatic heterocycles. The zero-order chi connectivity index (χ0) is 23.3. The fourth-order valence-corrected chi connectivity index (χ4v) is 4.86. The van der Waals surface area contributed by atoms with Gasteiger partial charge in [-0.1, -0.05) is 37.7 Å². The monoisotopic (exact) mass is 458 g/mol. The molecule has 0 aliphatic carbocycles. The molecule has 1 aromatic heterocycles. The van der Waals surface area contributed by atoms with Gasteiger partial charge in [-0.15, -0.1) is 0 Å². The van der Waals surface area contributed by atoms with E-state index in [1.54, 1.807) is 24.4 Å². The maximum Gasteiger partial charge on any atom is 0.270 e. The molecule has 1 saturated heterocycles. The summed E-state index contributed by atoms with van der Waals surface area (Å²) in [5.41, 5.74) is 1.46. The van der Waals surface area contributed by atoms with Gasteiger partial charge in [0.25, 0.3) is 5.91 Å². The van der Waals surface area contributed by atoms with Crippen molar-refractivity contribution in [3.63, 3.8) is 0 Å². The number of amidine groups is 1. The van der Waals surface area contributed by atoms with E-state index < -0.39 is 4.75 Å². The van der Waals surface area contributed by atoms with Crippen LogP contribution in [0.2, 0.25) is 0 Å². The highest BCUT2D eigenvalue weighted by atomic mass is 32.2. The van der Waals surface area contributed by atoms with Crippen molar-refractivity contribution in [3.8, 4) is 0 Å². The van der Waals surface area contributed by atoms with Gasteiger partial charge in [-0.3, -0.25) is 14.6 Å². The molecule has 0 spiro atoms. The Bertz CT molecular complexity index is 959. The van der Waals surface area contributed by atoms with E-state index >= 15 is 0 Å². The Hall–Kier alpha value is -2.61. The molecule has 2 atom stereocenters. The Morgan fingerprint density at radius 2 is 1.94 bits per heavy atom. The number of hydrogen-bond acceptors (Lipinski definition) is 4. The molecule has 2 N–H and O–H groups in total. The molecule has 2 heterocycles. The number of benzene rings is 1. The van der Waals surface area contributed by atoms with E-state index in [2.05, 4.69) is 29.1 Å². The minimum absolute atomic E-state index is 0.0206. The van der Waals surface area contributed by atoms with Crippen molar-refractivity contribution in [1.82, 2.24) is 15.2 Å². The highest BCUT2D eigenvalue weighted by Gasteiger charge is 2.42. The lowest BCUT2D eigenvalue weighted by Gasteiger charge is -2.26. The third kappa shape index (κ3) is 6.00. The summed E-state index contributed by atoms with van der Waals surface area (Å²) in [6, 6.07) is 9.63. The lowest BCUT2D eigenvalue weighted by molar-refractivity contribution is -0.121. The summed E-state index contributed by atoms with van der Waals surface area (Å²) >= 11 is 1.42. The smallest absolute Gasteiger partial charge is 0.270 e. The number of H-pyrrole nitrogens is 1. The van der Waals surface area contributed by atoms with Gasteiger partial charge in [0.05, 0.1) is 10.8 Å². The van der Waals surface area contributed by atoms with Crippen LogP contribution in [0.25, 0.3) is 0 Å². The second-order valence-electron chi connectivity index (χ2n) is 8.78. The van der Waals surface area contributed by atoms with Crippen LogP contribution < -0.4 is 5.32 Å². The Morgan fingerprint density at radius 1 is 1.22 bits per heavy atom. The summed E-state index contributed by atoms with van der Waals surface area (Å²) in [4.78, 5) is 35.0. The molecule has 1 aliphatic rings. The predicted octanol–water partition coefficient (Wildman–Crippen LogP) is 4.77. The molecule has 1 fully saturated rings. The topological polar surface area (TPSA) is 77.6 Å². The molecular formula is C24H31FN4O2S. The number of halogens is 1. The van der Waals surface area contributed by atoms with Crippen molar-refractivity contribution in [3.05, 3.63) is 59.7 Å². The highest BCUT2D eigenvalue weighted by molar-refractivity contribution is 8.16. The second kappa shape index (κ2) is 10.3. The lowest BCUT2D eigenvalue weighted by atomic mass is 10.0. The first-order valence-electron chi connectivity index (χ1n) is 10.9. The molecule has 3 rings (SSSR count). The number of rotatable bonds is 9. The van der Waals surface area contributed by atoms with Crippen LogP contribution in [0.1, 0.15) is 62.6 Å². The van der Waals surface area contributed by atoms with Crippen LogP contribution in [0.4, 0.5) is 4.39 Å². The van der Waals surface area contributed by atoms with Crippen LogP contribution in [0.5, 0.6) is 0 Å². The zero-order valence-electron chi connectivity index (χ0n) is 19.0. The van der Waals surface area contributed by atoms with E-state index in [0.29, 0.717) is 42.7 Å². The normalized spacial score (nSPS) is 20.6. The van der Waals surface area contributed by atoms with E-state index in [1.165, 1.54) is 23.9 Å². The summed E-state index contributed by atoms with van der Waals surface area (Å²) < 4.78 is 12.5. The third-order valence-corrected chi connectivity index (χ3v) is 6.71. The van der Waals surface area contributed by atoms with Gasteiger partial charge in [0.2, 0.25) is 5.91 Å². The van der Waals surface area contributed by atoms with Crippen molar-refractivity contribution in [2.24, 2.45) is 10.9 Å². The third-order valence-electron chi connectivity index (χ3n) is 5.47.